The molecule has 7 aliphatic rings. The highest BCUT2D eigenvalue weighted by Gasteiger charge is 2.73. The van der Waals surface area contributed by atoms with Crippen molar-refractivity contribution in [3.63, 3.8) is 0 Å². The van der Waals surface area contributed by atoms with Gasteiger partial charge in [-0.3, -0.25) is 0 Å². The Morgan fingerprint density at radius 3 is 2.03 bits per heavy atom. The summed E-state index contributed by atoms with van der Waals surface area (Å²) in [5, 5.41) is 8.30. The average molecular weight is 810 g/mol. The number of fused-ring (bicyclic) bond motifs is 8. The molecular weight excluding hydrogens is 767 g/mol. The molecule has 0 N–H and O–H groups in total. The van der Waals surface area contributed by atoms with Gasteiger partial charge in [0.15, 0.2) is 17.5 Å². The van der Waals surface area contributed by atoms with Gasteiger partial charge in [0.05, 0.1) is 0 Å². The molecular formula is C58H43N3Si. The molecule has 4 heteroatoms. The molecule has 2 aliphatic heterocycles. The lowest BCUT2D eigenvalue weighted by atomic mass is 9.42. The highest BCUT2D eigenvalue weighted by molar-refractivity contribution is 7.06. The molecule has 4 fully saturated rings. The van der Waals surface area contributed by atoms with Gasteiger partial charge < -0.3 is 0 Å². The van der Waals surface area contributed by atoms with Crippen molar-refractivity contribution in [1.29, 1.82) is 0 Å². The minimum Gasteiger partial charge on any atom is -0.208 e. The van der Waals surface area contributed by atoms with E-state index in [0.29, 0.717) is 17.5 Å². The topological polar surface area (TPSA) is 38.7 Å². The fraction of sp³-hybridized carbons (Fsp3) is 0.190. The normalized spacial score (nSPS) is 26.2. The Morgan fingerprint density at radius 2 is 1.18 bits per heavy atom. The molecule has 8 aromatic carbocycles. The number of hydrogen-bond donors (Lipinski definition) is 0. The van der Waals surface area contributed by atoms with E-state index in [1.165, 1.54) is 64.1 Å². The van der Waals surface area contributed by atoms with Gasteiger partial charge in [-0.25, -0.2) is 15.0 Å². The van der Waals surface area contributed by atoms with Gasteiger partial charge in [-0.2, -0.15) is 0 Å². The molecule has 6 bridgehead atoms. The third-order valence-corrected chi connectivity index (χ3v) is 22.4. The van der Waals surface area contributed by atoms with Crippen LogP contribution in [0.25, 0.3) is 89.1 Å². The summed E-state index contributed by atoms with van der Waals surface area (Å²) in [6.45, 7) is 2.80. The first-order valence-electron chi connectivity index (χ1n) is 22.8. The summed E-state index contributed by atoms with van der Waals surface area (Å²) in [5.41, 5.74) is 16.2. The van der Waals surface area contributed by atoms with E-state index in [1.54, 1.807) is 27.4 Å². The van der Waals surface area contributed by atoms with Gasteiger partial charge in [0.2, 0.25) is 0 Å². The smallest absolute Gasteiger partial charge is 0.164 e. The van der Waals surface area contributed by atoms with Crippen LogP contribution in [-0.2, 0) is 5.41 Å². The van der Waals surface area contributed by atoms with Crippen LogP contribution in [0.3, 0.4) is 0 Å². The van der Waals surface area contributed by atoms with Crippen molar-refractivity contribution in [1.82, 2.24) is 15.0 Å². The molecule has 62 heavy (non-hydrogen) atoms. The van der Waals surface area contributed by atoms with E-state index < -0.39 is 8.07 Å². The summed E-state index contributed by atoms with van der Waals surface area (Å²) in [6, 6.07) is 61.0. The number of nitrogens with zero attached hydrogens (tertiary/aromatic N) is 3. The molecule has 1 aromatic heterocycles. The SMILES string of the molecule is C[Si]12c3ccccc3-c3ccc4c(c31)C1(c3cccc(-c5ccc(-c6nc(-c7ccccc7)nc(-c7cc8ccccc8c8ccccc78)n6)cc5)c3-4)C3CC4CC(C3)C2C1C4. The molecule has 7 atom stereocenters. The largest absolute Gasteiger partial charge is 0.208 e. The Hall–Kier alpha value is -6.49. The summed E-state index contributed by atoms with van der Waals surface area (Å²) >= 11 is 0. The lowest BCUT2D eigenvalue weighted by Crippen LogP contribution is -2.73. The predicted octanol–water partition coefficient (Wildman–Crippen LogP) is 12.7. The second kappa shape index (κ2) is 11.9. The van der Waals surface area contributed by atoms with Gasteiger partial charge in [-0.15, -0.1) is 0 Å². The highest BCUT2D eigenvalue weighted by atomic mass is 28.3. The Labute approximate surface area is 362 Å². The van der Waals surface area contributed by atoms with Crippen LogP contribution in [0.2, 0.25) is 12.1 Å². The summed E-state index contributed by atoms with van der Waals surface area (Å²) in [4.78, 5) is 15.6. The van der Waals surface area contributed by atoms with Crippen molar-refractivity contribution >= 4 is 40.0 Å². The second-order valence-corrected chi connectivity index (χ2v) is 23.7. The second-order valence-electron chi connectivity index (χ2n) is 19.6. The first-order valence-corrected chi connectivity index (χ1v) is 25.4. The zero-order chi connectivity index (χ0) is 40.5. The van der Waals surface area contributed by atoms with Crippen molar-refractivity contribution in [2.45, 2.75) is 43.2 Å². The van der Waals surface area contributed by atoms with Crippen LogP contribution in [-0.4, -0.2) is 23.0 Å². The lowest BCUT2D eigenvalue weighted by Gasteiger charge is -2.69. The van der Waals surface area contributed by atoms with Crippen molar-refractivity contribution in [3.8, 4) is 67.5 Å². The molecule has 294 valence electrons. The van der Waals surface area contributed by atoms with Crippen LogP contribution < -0.4 is 10.4 Å². The molecule has 5 aliphatic carbocycles. The third kappa shape index (κ3) is 4.11. The molecule has 1 spiro atoms. The van der Waals surface area contributed by atoms with Crippen LogP contribution in [0.4, 0.5) is 0 Å². The van der Waals surface area contributed by atoms with Crippen molar-refractivity contribution < 1.29 is 0 Å². The molecule has 0 amide bonds. The van der Waals surface area contributed by atoms with Crippen molar-refractivity contribution in [2.24, 2.45) is 23.7 Å². The molecule has 16 rings (SSSR count). The van der Waals surface area contributed by atoms with Crippen LogP contribution in [0.1, 0.15) is 36.8 Å². The molecule has 0 saturated heterocycles. The fourth-order valence-electron chi connectivity index (χ4n) is 15.2. The minimum atomic E-state index is -2.01. The number of aromatic nitrogens is 3. The van der Waals surface area contributed by atoms with Gasteiger partial charge in [0.1, 0.15) is 8.07 Å². The van der Waals surface area contributed by atoms with Gasteiger partial charge in [-0.1, -0.05) is 164 Å². The molecule has 3 nitrogen and oxygen atoms in total. The highest BCUT2D eigenvalue weighted by Crippen LogP contribution is 2.76. The van der Waals surface area contributed by atoms with Gasteiger partial charge in [0, 0.05) is 22.1 Å². The lowest BCUT2D eigenvalue weighted by molar-refractivity contribution is -0.0432. The van der Waals surface area contributed by atoms with Crippen molar-refractivity contribution in [2.75, 3.05) is 0 Å². The first-order chi connectivity index (χ1) is 30.6. The van der Waals surface area contributed by atoms with E-state index in [9.17, 15) is 0 Å². The quantitative estimate of drug-likeness (QED) is 0.131. The molecule has 3 heterocycles. The zero-order valence-corrected chi connectivity index (χ0v) is 35.6. The van der Waals surface area contributed by atoms with Crippen LogP contribution in [0, 0.1) is 23.7 Å². The van der Waals surface area contributed by atoms with Crippen LogP contribution in [0.5, 0.6) is 0 Å². The summed E-state index contributed by atoms with van der Waals surface area (Å²) < 4.78 is 0. The maximum Gasteiger partial charge on any atom is 0.164 e. The minimum absolute atomic E-state index is 0.140. The maximum atomic E-state index is 5.29. The van der Waals surface area contributed by atoms with Crippen molar-refractivity contribution in [3.05, 3.63) is 175 Å². The number of benzene rings is 8. The average Bonchev–Trinajstić information content (AvgIpc) is 3.77. The Balaban J connectivity index is 0.906. The monoisotopic (exact) mass is 809 g/mol. The molecule has 9 aromatic rings. The summed E-state index contributed by atoms with van der Waals surface area (Å²) in [7, 11) is -2.01. The third-order valence-electron chi connectivity index (χ3n) is 17.1. The predicted molar refractivity (Wildman–Crippen MR) is 255 cm³/mol. The zero-order valence-electron chi connectivity index (χ0n) is 34.6. The fourth-order valence-corrected chi connectivity index (χ4v) is 21.5. The van der Waals surface area contributed by atoms with Gasteiger partial charge in [-0.05, 0) is 137 Å². The number of hydrogen-bond acceptors (Lipinski definition) is 3. The van der Waals surface area contributed by atoms with E-state index in [-0.39, 0.29) is 5.41 Å². The van der Waals surface area contributed by atoms with Crippen LogP contribution >= 0.6 is 0 Å². The van der Waals surface area contributed by atoms with E-state index in [2.05, 4.69) is 164 Å². The molecule has 7 unspecified atom stereocenters. The van der Waals surface area contributed by atoms with E-state index in [1.807, 2.05) is 11.3 Å². The summed E-state index contributed by atoms with van der Waals surface area (Å²) in [6.07, 6.45) is 5.70. The van der Waals surface area contributed by atoms with Gasteiger partial charge in [0.25, 0.3) is 0 Å². The Bertz CT molecular complexity index is 3430. The van der Waals surface area contributed by atoms with Gasteiger partial charge >= 0.3 is 0 Å². The Morgan fingerprint density at radius 1 is 0.500 bits per heavy atom. The first kappa shape index (κ1) is 34.1. The van der Waals surface area contributed by atoms with E-state index in [4.69, 9.17) is 15.0 Å². The van der Waals surface area contributed by atoms with E-state index in [0.717, 1.165) is 51.3 Å². The molecule has 4 saturated carbocycles. The van der Waals surface area contributed by atoms with E-state index >= 15 is 0 Å². The number of rotatable bonds is 4. The maximum absolute atomic E-state index is 5.29. The molecule has 0 radical (unpaired) electrons. The summed E-state index contributed by atoms with van der Waals surface area (Å²) in [5.74, 6) is 5.33. The Kier molecular flexibility index (Phi) is 6.55. The standard InChI is InChI=1S/C58H43N3Si/c1-62-50-21-10-9-18-44(50)45-26-27-46-51-41(19-11-20-48(51)58(52(46)54(45)62)39-29-33-28-38(31-39)53(62)49(58)30-33)34-22-24-36(25-23-34)56-59-55(35-12-3-2-4-13-35)60-57(61-56)47-32-37-14-5-6-15-40(37)42-16-7-8-17-43(42)47/h2-27,32-33,38-39,49,53H,28-31H2,1H3. The van der Waals surface area contributed by atoms with Crippen LogP contribution in [0.15, 0.2) is 164 Å².